The number of likely N-dealkylation sites (tertiary alicyclic amines) is 1. The highest BCUT2D eigenvalue weighted by Gasteiger charge is 2.43. The van der Waals surface area contributed by atoms with Gasteiger partial charge < -0.3 is 35.6 Å². The Morgan fingerprint density at radius 2 is 1.79 bits per heavy atom. The maximum atomic E-state index is 14.2. The molecule has 1 aliphatic heterocycles. The molecule has 1 aromatic carbocycles. The third kappa shape index (κ3) is 10.9. The third-order valence-corrected chi connectivity index (χ3v) is 10.9. The summed E-state index contributed by atoms with van der Waals surface area (Å²) in [6, 6.07) is 7.82. The van der Waals surface area contributed by atoms with Gasteiger partial charge in [-0.05, 0) is 51.0 Å². The van der Waals surface area contributed by atoms with Crippen molar-refractivity contribution in [1.82, 2.24) is 25.4 Å². The van der Waals surface area contributed by atoms with Gasteiger partial charge in [-0.25, -0.2) is 4.98 Å². The number of benzene rings is 1. The molecule has 1 aromatic heterocycles. The number of hydrogen-bond acceptors (Lipinski definition) is 9. The molecule has 0 unspecified atom stereocenters. The van der Waals surface area contributed by atoms with E-state index in [0.29, 0.717) is 31.4 Å². The van der Waals surface area contributed by atoms with E-state index in [4.69, 9.17) is 15.2 Å². The summed E-state index contributed by atoms with van der Waals surface area (Å²) < 4.78 is 11.9. The van der Waals surface area contributed by atoms with E-state index < -0.39 is 41.7 Å². The zero-order valence-corrected chi connectivity index (χ0v) is 33.2. The van der Waals surface area contributed by atoms with Crippen molar-refractivity contribution in [2.45, 2.75) is 116 Å². The van der Waals surface area contributed by atoms with E-state index in [1.54, 1.807) is 39.1 Å². The summed E-state index contributed by atoms with van der Waals surface area (Å²) in [5.74, 6) is -1.92. The lowest BCUT2D eigenvalue weighted by Crippen LogP contribution is -2.60. The number of likely N-dealkylation sites (N-methyl/N-ethyl adjacent to an activating group) is 1. The Balaban J connectivity index is 1.79. The SMILES string of the molecule is C=C(CC)[C@@H]([C@@H](CC(=O)N1CCC[C@H]1[C@H](OC)[C@@H](C)C(=O)N[C@@H](Cc1ccccc1)c1nccs1)OC)N(C)C(=O)[C@@H](NC(=O)C(C)(C)N)C(C)C. The van der Waals surface area contributed by atoms with Crippen molar-refractivity contribution in [1.29, 1.82) is 0 Å². The van der Waals surface area contributed by atoms with Crippen LogP contribution in [0.25, 0.3) is 0 Å². The van der Waals surface area contributed by atoms with Gasteiger partial charge in [-0.15, -0.1) is 11.3 Å². The lowest BCUT2D eigenvalue weighted by atomic mass is 9.92. The fourth-order valence-electron chi connectivity index (χ4n) is 6.85. The Hall–Kier alpha value is -3.65. The van der Waals surface area contributed by atoms with E-state index in [-0.39, 0.29) is 42.1 Å². The second-order valence-corrected chi connectivity index (χ2v) is 15.6. The van der Waals surface area contributed by atoms with Crippen molar-refractivity contribution in [2.75, 3.05) is 27.8 Å². The normalized spacial score (nSPS) is 18.2. The molecule has 0 saturated carbocycles. The number of methoxy groups -OCH3 is 2. The van der Waals surface area contributed by atoms with Crippen LogP contribution in [0, 0.1) is 11.8 Å². The van der Waals surface area contributed by atoms with Gasteiger partial charge in [0.1, 0.15) is 11.0 Å². The Kier molecular flexibility index (Phi) is 16.0. The van der Waals surface area contributed by atoms with Gasteiger partial charge in [0.25, 0.3) is 0 Å². The van der Waals surface area contributed by atoms with E-state index in [2.05, 4.69) is 22.2 Å². The molecule has 288 valence electrons. The second-order valence-electron chi connectivity index (χ2n) is 14.7. The molecule has 52 heavy (non-hydrogen) atoms. The topological polar surface area (TPSA) is 156 Å². The van der Waals surface area contributed by atoms with E-state index in [1.807, 2.05) is 63.4 Å². The highest BCUT2D eigenvalue weighted by molar-refractivity contribution is 7.09. The molecule has 0 bridgehead atoms. The minimum absolute atomic E-state index is 0.0248. The molecule has 0 spiro atoms. The van der Waals surface area contributed by atoms with Gasteiger partial charge in [-0.2, -0.15) is 0 Å². The number of hydrogen-bond donors (Lipinski definition) is 3. The summed E-state index contributed by atoms with van der Waals surface area (Å²) in [5, 5.41) is 8.74. The van der Waals surface area contributed by atoms with Crippen molar-refractivity contribution < 1.29 is 28.7 Å². The molecule has 0 aliphatic carbocycles. The number of aromatic nitrogens is 1. The molecule has 3 rings (SSSR count). The number of nitrogens with zero attached hydrogens (tertiary/aromatic N) is 3. The largest absolute Gasteiger partial charge is 0.378 e. The lowest BCUT2D eigenvalue weighted by molar-refractivity contribution is -0.145. The van der Waals surface area contributed by atoms with Gasteiger partial charge in [0.2, 0.25) is 23.6 Å². The van der Waals surface area contributed by atoms with Crippen LogP contribution in [0.4, 0.5) is 0 Å². The summed E-state index contributed by atoms with van der Waals surface area (Å²) in [6.07, 6.45) is 3.00. The van der Waals surface area contributed by atoms with Gasteiger partial charge in [0, 0.05) is 39.4 Å². The van der Waals surface area contributed by atoms with Gasteiger partial charge >= 0.3 is 0 Å². The fraction of sp³-hybridized carbons (Fsp3) is 0.615. The van der Waals surface area contributed by atoms with Crippen molar-refractivity contribution in [3.8, 4) is 0 Å². The minimum Gasteiger partial charge on any atom is -0.378 e. The molecule has 2 heterocycles. The molecule has 7 atom stereocenters. The van der Waals surface area contributed by atoms with Crippen LogP contribution in [0.15, 0.2) is 54.1 Å². The number of nitrogens with one attached hydrogen (secondary N) is 2. The number of carbonyl (C=O) groups excluding carboxylic acids is 4. The van der Waals surface area contributed by atoms with Gasteiger partial charge in [-0.3, -0.25) is 19.2 Å². The summed E-state index contributed by atoms with van der Waals surface area (Å²) in [5.41, 5.74) is 6.64. The van der Waals surface area contributed by atoms with Crippen molar-refractivity contribution >= 4 is 35.0 Å². The smallest absolute Gasteiger partial charge is 0.245 e. The highest BCUT2D eigenvalue weighted by Crippen LogP contribution is 2.30. The van der Waals surface area contributed by atoms with Gasteiger partial charge in [-0.1, -0.05) is 70.2 Å². The molecular formula is C39H60N6O6S. The fourth-order valence-corrected chi connectivity index (χ4v) is 7.54. The Bertz CT molecular complexity index is 1480. The molecule has 2 aromatic rings. The standard InChI is InChI=1S/C39H60N6O6S/c1-11-25(4)33(44(8)37(48)32(24(2)3)43-38(49)39(6,7)40)30(50-9)23-31(46)45-20-15-18-29(45)34(51-10)26(5)35(47)42-28(36-41-19-21-52-36)22-27-16-13-12-14-17-27/h12-14,16-17,19,21,24,26,28-30,32-34H,4,11,15,18,20,22-23,40H2,1-3,5-10H3,(H,42,47)(H,43,49)/t26-,28+,29+,30-,32+,33+,34-/m1/s1. The number of rotatable bonds is 19. The first-order chi connectivity index (χ1) is 24.5. The zero-order valence-electron chi connectivity index (χ0n) is 32.4. The average Bonchev–Trinajstić information content (AvgIpc) is 3.83. The van der Waals surface area contributed by atoms with Crippen LogP contribution in [-0.4, -0.2) is 102 Å². The van der Waals surface area contributed by atoms with Crippen LogP contribution in [0.1, 0.15) is 83.8 Å². The molecule has 1 aliphatic rings. The number of carbonyl (C=O) groups is 4. The summed E-state index contributed by atoms with van der Waals surface area (Å²) in [7, 11) is 4.74. The first-order valence-electron chi connectivity index (χ1n) is 18.2. The van der Waals surface area contributed by atoms with Crippen LogP contribution in [0.3, 0.4) is 0 Å². The monoisotopic (exact) mass is 740 g/mol. The first-order valence-corrected chi connectivity index (χ1v) is 19.1. The molecule has 0 radical (unpaired) electrons. The lowest BCUT2D eigenvalue weighted by Gasteiger charge is -2.39. The molecule has 1 fully saturated rings. The quantitative estimate of drug-likeness (QED) is 0.181. The Morgan fingerprint density at radius 3 is 2.33 bits per heavy atom. The van der Waals surface area contributed by atoms with Crippen molar-refractivity contribution in [3.05, 3.63) is 64.6 Å². The third-order valence-electron chi connectivity index (χ3n) is 10.00. The minimum atomic E-state index is -1.17. The van der Waals surface area contributed by atoms with Crippen LogP contribution in [0.5, 0.6) is 0 Å². The van der Waals surface area contributed by atoms with Crippen molar-refractivity contribution in [2.24, 2.45) is 17.6 Å². The average molecular weight is 741 g/mol. The summed E-state index contributed by atoms with van der Waals surface area (Å²) >= 11 is 1.50. The predicted octanol–water partition coefficient (Wildman–Crippen LogP) is 4.26. The summed E-state index contributed by atoms with van der Waals surface area (Å²) in [4.78, 5) is 62.6. The number of ether oxygens (including phenoxy) is 2. The molecule has 4 amide bonds. The van der Waals surface area contributed by atoms with Gasteiger partial charge in [0.15, 0.2) is 0 Å². The first kappa shape index (κ1) is 42.8. The number of nitrogens with two attached hydrogens (primary N) is 1. The Morgan fingerprint density at radius 1 is 1.12 bits per heavy atom. The van der Waals surface area contributed by atoms with Crippen LogP contribution >= 0.6 is 11.3 Å². The van der Waals surface area contributed by atoms with Crippen LogP contribution < -0.4 is 16.4 Å². The molecule has 4 N–H and O–H groups in total. The number of amides is 4. The van der Waals surface area contributed by atoms with Crippen molar-refractivity contribution in [3.63, 3.8) is 0 Å². The van der Waals surface area contributed by atoms with E-state index in [9.17, 15) is 19.2 Å². The zero-order chi connectivity index (χ0) is 38.7. The predicted molar refractivity (Wildman–Crippen MR) is 204 cm³/mol. The van der Waals surface area contributed by atoms with E-state index in [0.717, 1.165) is 17.0 Å². The van der Waals surface area contributed by atoms with E-state index in [1.165, 1.54) is 23.3 Å². The molecule has 1 saturated heterocycles. The van der Waals surface area contributed by atoms with Crippen LogP contribution in [0.2, 0.25) is 0 Å². The molecular weight excluding hydrogens is 681 g/mol. The van der Waals surface area contributed by atoms with Gasteiger partial charge in [0.05, 0.1) is 48.2 Å². The Labute approximate surface area is 313 Å². The maximum Gasteiger partial charge on any atom is 0.245 e. The molecule has 12 nitrogen and oxygen atoms in total. The van der Waals surface area contributed by atoms with Crippen LogP contribution in [-0.2, 0) is 35.1 Å². The summed E-state index contributed by atoms with van der Waals surface area (Å²) in [6.45, 7) is 15.4. The number of thiazole rings is 1. The second kappa shape index (κ2) is 19.4. The van der Waals surface area contributed by atoms with E-state index >= 15 is 0 Å². The maximum absolute atomic E-state index is 14.2. The highest BCUT2D eigenvalue weighted by atomic mass is 32.1. The molecule has 13 heteroatoms.